The third-order valence-corrected chi connectivity index (χ3v) is 5.76. The normalized spacial score (nSPS) is 21.0. The van der Waals surface area contributed by atoms with Crippen molar-refractivity contribution < 1.29 is 23.1 Å². The lowest BCUT2D eigenvalue weighted by atomic mass is 9.91. The number of hydrogen-bond donors (Lipinski definition) is 3. The first-order chi connectivity index (χ1) is 12.4. The Morgan fingerprint density at radius 3 is 2.44 bits per heavy atom. The molecule has 3 N–H and O–H groups in total. The molecule has 0 radical (unpaired) electrons. The number of carboxylic acid groups (broad SMARTS) is 1. The fourth-order valence-corrected chi connectivity index (χ4v) is 4.32. The second-order valence-electron chi connectivity index (χ2n) is 7.95. The van der Waals surface area contributed by atoms with E-state index in [2.05, 4.69) is 15.0 Å². The van der Waals surface area contributed by atoms with Gasteiger partial charge in [-0.15, -0.1) is 0 Å². The number of piperidine rings is 1. The van der Waals surface area contributed by atoms with Crippen molar-refractivity contribution >= 4 is 27.8 Å². The standard InChI is InChI=1S/C17H26N4O5S/c1-11-7-12(15(22)23)10-21(9-11)16(24)19-14-6-5-13(8-18-14)27(25,26)20-17(2,3)4/h5-6,8,11-12,20H,7,9-10H2,1-4H3,(H,22,23)(H,18,19,24). The van der Waals surface area contributed by atoms with E-state index in [0.29, 0.717) is 13.0 Å². The maximum atomic E-state index is 12.4. The number of aromatic nitrogens is 1. The third kappa shape index (κ3) is 5.90. The number of likely N-dealkylation sites (tertiary alicyclic amines) is 1. The molecule has 1 fully saturated rings. The molecule has 0 spiro atoms. The first-order valence-electron chi connectivity index (χ1n) is 8.66. The molecular weight excluding hydrogens is 372 g/mol. The molecule has 10 heteroatoms. The summed E-state index contributed by atoms with van der Waals surface area (Å²) in [4.78, 5) is 29.1. The van der Waals surface area contributed by atoms with Crippen LogP contribution in [0, 0.1) is 11.8 Å². The Morgan fingerprint density at radius 1 is 1.26 bits per heavy atom. The van der Waals surface area contributed by atoms with Crippen LogP contribution < -0.4 is 10.0 Å². The number of nitrogens with one attached hydrogen (secondary N) is 2. The summed E-state index contributed by atoms with van der Waals surface area (Å²) in [6.45, 7) is 7.68. The first-order valence-corrected chi connectivity index (χ1v) is 10.1. The highest BCUT2D eigenvalue weighted by molar-refractivity contribution is 7.89. The van der Waals surface area contributed by atoms with Gasteiger partial charge in [0.1, 0.15) is 10.7 Å². The van der Waals surface area contributed by atoms with Crippen LogP contribution >= 0.6 is 0 Å². The van der Waals surface area contributed by atoms with Crippen molar-refractivity contribution in [3.8, 4) is 0 Å². The summed E-state index contributed by atoms with van der Waals surface area (Å²) in [5.74, 6) is -1.24. The Hall–Kier alpha value is -2.20. The zero-order valence-electron chi connectivity index (χ0n) is 15.9. The van der Waals surface area contributed by atoms with Crippen LogP contribution in [-0.4, -0.2) is 54.0 Å². The van der Waals surface area contributed by atoms with Gasteiger partial charge in [0.25, 0.3) is 0 Å². The fraction of sp³-hybridized carbons (Fsp3) is 0.588. The zero-order chi connectivity index (χ0) is 20.4. The molecule has 2 amide bonds. The molecule has 1 aliphatic heterocycles. The summed E-state index contributed by atoms with van der Waals surface area (Å²) < 4.78 is 27.0. The maximum absolute atomic E-state index is 12.4. The number of carbonyl (C=O) groups is 2. The number of rotatable bonds is 4. The van der Waals surface area contributed by atoms with Crippen molar-refractivity contribution in [1.29, 1.82) is 0 Å². The summed E-state index contributed by atoms with van der Waals surface area (Å²) in [5.41, 5.74) is -0.628. The molecule has 27 heavy (non-hydrogen) atoms. The highest BCUT2D eigenvalue weighted by atomic mass is 32.2. The topological polar surface area (TPSA) is 129 Å². The van der Waals surface area contributed by atoms with Crippen LogP contribution in [0.3, 0.4) is 0 Å². The van der Waals surface area contributed by atoms with E-state index >= 15 is 0 Å². The lowest BCUT2D eigenvalue weighted by Gasteiger charge is -2.34. The van der Waals surface area contributed by atoms with Crippen molar-refractivity contribution in [2.45, 2.75) is 44.6 Å². The number of pyridine rings is 1. The average molecular weight is 398 g/mol. The number of amides is 2. The molecule has 1 aliphatic rings. The Bertz CT molecular complexity index is 802. The molecule has 2 heterocycles. The van der Waals surface area contributed by atoms with Gasteiger partial charge in [0, 0.05) is 24.8 Å². The highest BCUT2D eigenvalue weighted by Crippen LogP contribution is 2.22. The van der Waals surface area contributed by atoms with Gasteiger partial charge in [0.05, 0.1) is 5.92 Å². The van der Waals surface area contributed by atoms with Gasteiger partial charge >= 0.3 is 12.0 Å². The van der Waals surface area contributed by atoms with Crippen LogP contribution in [0.2, 0.25) is 0 Å². The minimum atomic E-state index is -3.71. The molecule has 0 bridgehead atoms. The predicted octanol–water partition coefficient (Wildman–Crippen LogP) is 1.73. The summed E-state index contributed by atoms with van der Waals surface area (Å²) in [7, 11) is -3.71. The van der Waals surface area contributed by atoms with Crippen molar-refractivity contribution in [3.63, 3.8) is 0 Å². The number of hydrogen-bond acceptors (Lipinski definition) is 5. The smallest absolute Gasteiger partial charge is 0.323 e. The molecule has 150 valence electrons. The molecule has 9 nitrogen and oxygen atoms in total. The number of aliphatic carboxylic acids is 1. The molecule has 1 aromatic rings. The molecule has 1 saturated heterocycles. The Labute approximate surface area is 159 Å². The summed E-state index contributed by atoms with van der Waals surface area (Å²) in [5, 5.41) is 11.8. The molecule has 0 aromatic carbocycles. The van der Waals surface area contributed by atoms with Gasteiger partial charge in [-0.25, -0.2) is 22.9 Å². The van der Waals surface area contributed by atoms with E-state index in [1.807, 2.05) is 6.92 Å². The molecule has 0 saturated carbocycles. The van der Waals surface area contributed by atoms with Crippen LogP contribution in [0.25, 0.3) is 0 Å². The van der Waals surface area contributed by atoms with E-state index in [1.165, 1.54) is 23.2 Å². The van der Waals surface area contributed by atoms with E-state index in [-0.39, 0.29) is 23.2 Å². The SMILES string of the molecule is CC1CC(C(=O)O)CN(C(=O)Nc2ccc(S(=O)(=O)NC(C)(C)C)cn2)C1. The van der Waals surface area contributed by atoms with Crippen LogP contribution in [-0.2, 0) is 14.8 Å². The third-order valence-electron chi connectivity index (χ3n) is 4.02. The Balaban J connectivity index is 2.06. The second kappa shape index (κ2) is 7.81. The molecule has 1 aromatic heterocycles. The molecule has 2 rings (SSSR count). The summed E-state index contributed by atoms with van der Waals surface area (Å²) in [6.07, 6.45) is 1.70. The highest BCUT2D eigenvalue weighted by Gasteiger charge is 2.32. The van der Waals surface area contributed by atoms with Crippen molar-refractivity contribution in [2.75, 3.05) is 18.4 Å². The van der Waals surface area contributed by atoms with Crippen LogP contribution in [0.15, 0.2) is 23.2 Å². The fourth-order valence-electron chi connectivity index (χ4n) is 2.96. The predicted molar refractivity (Wildman–Crippen MR) is 99.8 cm³/mol. The van der Waals surface area contributed by atoms with E-state index < -0.39 is 33.5 Å². The number of urea groups is 1. The molecular formula is C17H26N4O5S. The number of carboxylic acids is 1. The number of nitrogens with zero attached hydrogens (tertiary/aromatic N) is 2. The minimum Gasteiger partial charge on any atom is -0.481 e. The minimum absolute atomic E-state index is 0.00652. The van der Waals surface area contributed by atoms with Crippen LogP contribution in [0.4, 0.5) is 10.6 Å². The summed E-state index contributed by atoms with van der Waals surface area (Å²) >= 11 is 0. The monoisotopic (exact) mass is 398 g/mol. The van der Waals surface area contributed by atoms with Gasteiger partial charge in [-0.2, -0.15) is 0 Å². The molecule has 2 unspecified atom stereocenters. The quantitative estimate of drug-likeness (QED) is 0.708. The van der Waals surface area contributed by atoms with Crippen LogP contribution in [0.1, 0.15) is 34.1 Å². The second-order valence-corrected chi connectivity index (χ2v) is 9.63. The van der Waals surface area contributed by atoms with Gasteiger partial charge in [-0.05, 0) is 45.2 Å². The lowest BCUT2D eigenvalue weighted by molar-refractivity contribution is -0.143. The molecule has 0 aliphatic carbocycles. The van der Waals surface area contributed by atoms with E-state index in [4.69, 9.17) is 0 Å². The number of anilines is 1. The van der Waals surface area contributed by atoms with E-state index in [9.17, 15) is 23.1 Å². The number of sulfonamides is 1. The van der Waals surface area contributed by atoms with Crippen LogP contribution in [0.5, 0.6) is 0 Å². The van der Waals surface area contributed by atoms with Crippen molar-refractivity contribution in [1.82, 2.24) is 14.6 Å². The zero-order valence-corrected chi connectivity index (χ0v) is 16.7. The van der Waals surface area contributed by atoms with Gasteiger partial charge in [0.2, 0.25) is 10.0 Å². The van der Waals surface area contributed by atoms with Gasteiger partial charge in [-0.1, -0.05) is 6.92 Å². The molecule has 2 atom stereocenters. The summed E-state index contributed by atoms with van der Waals surface area (Å²) in [6, 6.07) is 2.30. The maximum Gasteiger partial charge on any atom is 0.323 e. The van der Waals surface area contributed by atoms with Crippen molar-refractivity contribution in [2.24, 2.45) is 11.8 Å². The van der Waals surface area contributed by atoms with E-state index in [0.717, 1.165) is 0 Å². The number of carbonyl (C=O) groups excluding carboxylic acids is 1. The first kappa shape index (κ1) is 21.1. The van der Waals surface area contributed by atoms with Gasteiger partial charge in [0.15, 0.2) is 0 Å². The lowest BCUT2D eigenvalue weighted by Crippen LogP contribution is -2.47. The Morgan fingerprint density at radius 2 is 1.93 bits per heavy atom. The van der Waals surface area contributed by atoms with Gasteiger partial charge in [-0.3, -0.25) is 10.1 Å². The van der Waals surface area contributed by atoms with Gasteiger partial charge < -0.3 is 10.0 Å². The Kier molecular flexibility index (Phi) is 6.10. The average Bonchev–Trinajstić information content (AvgIpc) is 2.52. The van der Waals surface area contributed by atoms with Crippen molar-refractivity contribution in [3.05, 3.63) is 18.3 Å². The largest absolute Gasteiger partial charge is 0.481 e. The van der Waals surface area contributed by atoms with E-state index in [1.54, 1.807) is 20.8 Å².